The first-order valence-corrected chi connectivity index (χ1v) is 12.3. The molecule has 2 aromatic carbocycles. The van der Waals surface area contributed by atoms with Crippen molar-refractivity contribution in [2.45, 2.75) is 39.2 Å². The lowest BCUT2D eigenvalue weighted by molar-refractivity contribution is 0.244. The summed E-state index contributed by atoms with van der Waals surface area (Å²) in [6, 6.07) is 9.90. The molecule has 0 radical (unpaired) electrons. The van der Waals surface area contributed by atoms with Crippen LogP contribution in [-0.4, -0.2) is 34.6 Å². The third kappa shape index (κ3) is 3.75. The number of hydrogen-bond acceptors (Lipinski definition) is 5. The maximum atomic E-state index is 12.8. The third-order valence-corrected chi connectivity index (χ3v) is 6.78. The average Bonchev–Trinajstić information content (AvgIpc) is 3.54. The van der Waals surface area contributed by atoms with E-state index in [1.54, 1.807) is 34.1 Å². The minimum atomic E-state index is -0.739. The van der Waals surface area contributed by atoms with Gasteiger partial charge in [0.15, 0.2) is 0 Å². The van der Waals surface area contributed by atoms with Crippen LogP contribution in [-0.2, 0) is 26.6 Å². The zero-order valence-electron chi connectivity index (χ0n) is 22.6. The Hall–Kier alpha value is -4.76. The van der Waals surface area contributed by atoms with E-state index in [1.165, 1.54) is 0 Å². The number of benzene rings is 2. The Labute approximate surface area is 220 Å². The first-order chi connectivity index (χ1) is 18.0. The van der Waals surface area contributed by atoms with E-state index < -0.39 is 5.41 Å². The Kier molecular flexibility index (Phi) is 5.68. The van der Waals surface area contributed by atoms with Crippen LogP contribution in [0.4, 0.5) is 0 Å². The van der Waals surface area contributed by atoms with Crippen LogP contribution in [0.5, 0.6) is 5.75 Å². The summed E-state index contributed by atoms with van der Waals surface area (Å²) < 4.78 is 13.0. The maximum Gasteiger partial charge on any atom is 0.328 e. The van der Waals surface area contributed by atoms with Gasteiger partial charge in [-0.3, -0.25) is 18.4 Å². The molecule has 38 heavy (non-hydrogen) atoms. The van der Waals surface area contributed by atoms with Crippen molar-refractivity contribution in [1.29, 1.82) is 5.26 Å². The molecule has 0 amide bonds. The Balaban J connectivity index is 1.90. The maximum absolute atomic E-state index is 12.8. The Morgan fingerprint density at radius 1 is 1.08 bits per heavy atom. The van der Waals surface area contributed by atoms with Crippen molar-refractivity contribution >= 4 is 22.1 Å². The van der Waals surface area contributed by atoms with Crippen molar-refractivity contribution in [3.05, 3.63) is 58.5 Å². The molecule has 0 saturated heterocycles. The van der Waals surface area contributed by atoms with E-state index in [0.29, 0.717) is 33.7 Å². The zero-order chi connectivity index (χ0) is 27.5. The SMILES string of the molecule is C#CC(C)(C)c1nc2cc(-c3cnn(C)c3)c(C#N)cc2n1-c1cc(OC(C)C)c2c(c1)n(C)c(=O)n2C. The van der Waals surface area contributed by atoms with E-state index in [2.05, 4.69) is 17.1 Å². The Bertz CT molecular complexity index is 1880. The molecule has 5 rings (SSSR count). The van der Waals surface area contributed by atoms with Gasteiger partial charge in [0.05, 0.1) is 51.6 Å². The van der Waals surface area contributed by atoms with Crippen LogP contribution in [0.2, 0.25) is 0 Å². The molecule has 0 bridgehead atoms. The molecule has 3 aromatic heterocycles. The fourth-order valence-electron chi connectivity index (χ4n) is 4.83. The molecule has 0 fully saturated rings. The smallest absolute Gasteiger partial charge is 0.328 e. The molecule has 192 valence electrons. The summed E-state index contributed by atoms with van der Waals surface area (Å²) in [5, 5.41) is 14.3. The third-order valence-electron chi connectivity index (χ3n) is 6.78. The number of imidazole rings is 2. The van der Waals surface area contributed by atoms with Crippen molar-refractivity contribution in [2.75, 3.05) is 0 Å². The van der Waals surface area contributed by atoms with Crippen molar-refractivity contribution in [3.8, 4) is 41.0 Å². The van der Waals surface area contributed by atoms with E-state index in [-0.39, 0.29) is 11.8 Å². The molecule has 0 atom stereocenters. The monoisotopic (exact) mass is 507 g/mol. The topological polar surface area (TPSA) is 95.6 Å². The predicted octanol–water partition coefficient (Wildman–Crippen LogP) is 4.19. The van der Waals surface area contributed by atoms with Crippen LogP contribution < -0.4 is 10.4 Å². The molecule has 0 aliphatic heterocycles. The second-order valence-corrected chi connectivity index (χ2v) is 10.3. The highest BCUT2D eigenvalue weighted by molar-refractivity contribution is 5.90. The quantitative estimate of drug-likeness (QED) is 0.333. The lowest BCUT2D eigenvalue weighted by Crippen LogP contribution is -2.20. The lowest BCUT2D eigenvalue weighted by atomic mass is 9.93. The largest absolute Gasteiger partial charge is 0.489 e. The van der Waals surface area contributed by atoms with Crippen LogP contribution in [0, 0.1) is 23.7 Å². The Morgan fingerprint density at radius 2 is 1.82 bits per heavy atom. The minimum Gasteiger partial charge on any atom is -0.489 e. The summed E-state index contributed by atoms with van der Waals surface area (Å²) in [4.78, 5) is 17.8. The van der Waals surface area contributed by atoms with Crippen molar-refractivity contribution in [2.24, 2.45) is 21.1 Å². The number of hydrogen-bond donors (Lipinski definition) is 0. The zero-order valence-corrected chi connectivity index (χ0v) is 22.6. The van der Waals surface area contributed by atoms with Gasteiger partial charge in [-0.25, -0.2) is 9.78 Å². The minimum absolute atomic E-state index is 0.114. The van der Waals surface area contributed by atoms with Crippen LogP contribution in [0.25, 0.3) is 38.9 Å². The van der Waals surface area contributed by atoms with Crippen LogP contribution >= 0.6 is 0 Å². The summed E-state index contributed by atoms with van der Waals surface area (Å²) in [5.74, 6) is 4.08. The van der Waals surface area contributed by atoms with Gasteiger partial charge in [-0.2, -0.15) is 10.4 Å². The molecule has 0 spiro atoms. The number of aromatic nitrogens is 6. The predicted molar refractivity (Wildman–Crippen MR) is 147 cm³/mol. The molecular weight excluding hydrogens is 478 g/mol. The standard InChI is InChI=1S/C29H29N7O2/c1-9-29(4,5)27-32-22-13-21(19-15-31-33(6)16-19)18(14-30)10-23(22)36(27)20-11-24-26(25(12-20)38-17(2)3)35(8)28(37)34(24)7/h1,10-13,15-17H,2-8H3. The van der Waals surface area contributed by atoms with Gasteiger partial charge in [0, 0.05) is 44.5 Å². The summed E-state index contributed by atoms with van der Waals surface area (Å²) >= 11 is 0. The number of aryl methyl sites for hydroxylation is 3. The van der Waals surface area contributed by atoms with Gasteiger partial charge in [-0.1, -0.05) is 5.92 Å². The van der Waals surface area contributed by atoms with Crippen LogP contribution in [0.15, 0.2) is 41.5 Å². The molecule has 9 nitrogen and oxygen atoms in total. The van der Waals surface area contributed by atoms with Gasteiger partial charge >= 0.3 is 5.69 Å². The molecule has 9 heteroatoms. The van der Waals surface area contributed by atoms with E-state index in [9.17, 15) is 10.1 Å². The second kappa shape index (κ2) is 8.67. The molecule has 0 N–H and O–H groups in total. The normalized spacial score (nSPS) is 11.8. The number of nitrogens with zero attached hydrogens (tertiary/aromatic N) is 7. The summed E-state index contributed by atoms with van der Waals surface area (Å²) in [7, 11) is 5.30. The fourth-order valence-corrected chi connectivity index (χ4v) is 4.83. The first kappa shape index (κ1) is 24.9. The molecule has 3 heterocycles. The van der Waals surface area contributed by atoms with Gasteiger partial charge < -0.3 is 4.74 Å². The fraction of sp³-hybridized carbons (Fsp3) is 0.310. The van der Waals surface area contributed by atoms with E-state index >= 15 is 0 Å². The molecule has 0 aliphatic carbocycles. The highest BCUT2D eigenvalue weighted by atomic mass is 16.5. The van der Waals surface area contributed by atoms with Gasteiger partial charge in [-0.05, 0) is 45.9 Å². The van der Waals surface area contributed by atoms with Crippen molar-refractivity contribution in [1.82, 2.24) is 28.5 Å². The van der Waals surface area contributed by atoms with E-state index in [1.807, 2.05) is 69.8 Å². The molecular formula is C29H29N7O2. The number of terminal acetylenes is 1. The van der Waals surface area contributed by atoms with Gasteiger partial charge in [-0.15, -0.1) is 6.42 Å². The summed E-state index contributed by atoms with van der Waals surface area (Å²) in [6.45, 7) is 7.75. The molecule has 0 unspecified atom stereocenters. The van der Waals surface area contributed by atoms with Crippen molar-refractivity contribution in [3.63, 3.8) is 0 Å². The number of ether oxygens (including phenoxy) is 1. The van der Waals surface area contributed by atoms with Gasteiger partial charge in [0.1, 0.15) is 17.1 Å². The first-order valence-electron chi connectivity index (χ1n) is 12.3. The van der Waals surface area contributed by atoms with Gasteiger partial charge in [0.2, 0.25) is 0 Å². The number of fused-ring (bicyclic) bond motifs is 2. The molecule has 5 aromatic rings. The number of nitriles is 1. The molecule has 0 saturated carbocycles. The summed E-state index contributed by atoms with van der Waals surface area (Å²) in [6.07, 6.45) is 9.46. The van der Waals surface area contributed by atoms with E-state index in [4.69, 9.17) is 16.1 Å². The van der Waals surface area contributed by atoms with E-state index in [0.717, 1.165) is 22.3 Å². The second-order valence-electron chi connectivity index (χ2n) is 10.3. The number of rotatable bonds is 5. The van der Waals surface area contributed by atoms with Crippen molar-refractivity contribution < 1.29 is 4.74 Å². The summed E-state index contributed by atoms with van der Waals surface area (Å²) in [5.41, 5.74) is 4.72. The van der Waals surface area contributed by atoms with Crippen LogP contribution in [0.3, 0.4) is 0 Å². The highest BCUT2D eigenvalue weighted by Gasteiger charge is 2.29. The van der Waals surface area contributed by atoms with Crippen LogP contribution in [0.1, 0.15) is 39.1 Å². The highest BCUT2D eigenvalue weighted by Crippen LogP contribution is 2.37. The van der Waals surface area contributed by atoms with Gasteiger partial charge in [0.25, 0.3) is 0 Å². The lowest BCUT2D eigenvalue weighted by Gasteiger charge is -2.21. The molecule has 0 aliphatic rings. The Morgan fingerprint density at radius 3 is 2.42 bits per heavy atom. The average molecular weight is 508 g/mol.